The molecule has 0 aromatic heterocycles. The molecule has 0 bridgehead atoms. The third-order valence-electron chi connectivity index (χ3n) is 2.99. The van der Waals surface area contributed by atoms with Crippen LogP contribution in [0.2, 0.25) is 0 Å². The van der Waals surface area contributed by atoms with Gasteiger partial charge in [0.2, 0.25) is 0 Å². The number of rotatable bonds is 8. The standard InChI is InChI=1S/C15H25NO/c1-4-14-5-7-15(8-6-14)11-13(2)12-16-9-10-17-3/h5-8,13,16H,4,9-12H2,1-3H3. The topological polar surface area (TPSA) is 21.3 Å². The molecule has 0 heterocycles. The smallest absolute Gasteiger partial charge is 0.0587 e. The van der Waals surface area contributed by atoms with Crippen molar-refractivity contribution in [2.45, 2.75) is 26.7 Å². The lowest BCUT2D eigenvalue weighted by Gasteiger charge is -2.12. The first-order valence-corrected chi connectivity index (χ1v) is 6.53. The monoisotopic (exact) mass is 235 g/mol. The fraction of sp³-hybridized carbons (Fsp3) is 0.600. The molecule has 1 aromatic carbocycles. The fourth-order valence-electron chi connectivity index (χ4n) is 1.91. The normalized spacial score (nSPS) is 12.6. The summed E-state index contributed by atoms with van der Waals surface area (Å²) >= 11 is 0. The van der Waals surface area contributed by atoms with E-state index in [-0.39, 0.29) is 0 Å². The quantitative estimate of drug-likeness (QED) is 0.699. The van der Waals surface area contributed by atoms with E-state index >= 15 is 0 Å². The third-order valence-corrected chi connectivity index (χ3v) is 2.99. The van der Waals surface area contributed by atoms with Crippen LogP contribution in [0.4, 0.5) is 0 Å². The second-order valence-corrected chi connectivity index (χ2v) is 4.68. The Balaban J connectivity index is 2.26. The van der Waals surface area contributed by atoms with E-state index in [1.807, 2.05) is 0 Å². The third kappa shape index (κ3) is 5.85. The maximum Gasteiger partial charge on any atom is 0.0587 e. The Labute approximate surface area is 105 Å². The van der Waals surface area contributed by atoms with Gasteiger partial charge in [-0.3, -0.25) is 0 Å². The summed E-state index contributed by atoms with van der Waals surface area (Å²) in [6, 6.07) is 8.98. The largest absolute Gasteiger partial charge is 0.383 e. The van der Waals surface area contributed by atoms with Crippen LogP contribution in [0, 0.1) is 5.92 Å². The van der Waals surface area contributed by atoms with Crippen molar-refractivity contribution in [2.75, 3.05) is 26.8 Å². The van der Waals surface area contributed by atoms with Crippen LogP contribution in [0.25, 0.3) is 0 Å². The van der Waals surface area contributed by atoms with Crippen molar-refractivity contribution in [1.29, 1.82) is 0 Å². The molecular formula is C15H25NO. The number of nitrogens with one attached hydrogen (secondary N) is 1. The van der Waals surface area contributed by atoms with E-state index in [1.165, 1.54) is 11.1 Å². The van der Waals surface area contributed by atoms with E-state index in [0.29, 0.717) is 5.92 Å². The SMILES string of the molecule is CCc1ccc(CC(C)CNCCOC)cc1. The molecule has 96 valence electrons. The number of methoxy groups -OCH3 is 1. The second kappa shape index (κ2) is 8.26. The van der Waals surface area contributed by atoms with Crippen molar-refractivity contribution in [3.05, 3.63) is 35.4 Å². The van der Waals surface area contributed by atoms with Crippen LogP contribution >= 0.6 is 0 Å². The van der Waals surface area contributed by atoms with Gasteiger partial charge in [-0.1, -0.05) is 38.1 Å². The molecule has 0 saturated carbocycles. The molecule has 0 amide bonds. The predicted octanol–water partition coefficient (Wildman–Crippen LogP) is 2.66. The summed E-state index contributed by atoms with van der Waals surface area (Å²) < 4.78 is 5.00. The van der Waals surface area contributed by atoms with E-state index in [0.717, 1.165) is 32.5 Å². The molecule has 0 aliphatic heterocycles. The average Bonchev–Trinajstić information content (AvgIpc) is 2.36. The van der Waals surface area contributed by atoms with E-state index in [9.17, 15) is 0 Å². The van der Waals surface area contributed by atoms with E-state index in [1.54, 1.807) is 7.11 Å². The first kappa shape index (κ1) is 14.2. The Morgan fingerprint density at radius 3 is 2.41 bits per heavy atom. The first-order chi connectivity index (χ1) is 8.26. The van der Waals surface area contributed by atoms with Crippen LogP contribution in [0.3, 0.4) is 0 Å². The van der Waals surface area contributed by atoms with Crippen molar-refractivity contribution < 1.29 is 4.74 Å². The van der Waals surface area contributed by atoms with Crippen LogP contribution in [-0.4, -0.2) is 26.8 Å². The zero-order valence-corrected chi connectivity index (χ0v) is 11.3. The van der Waals surface area contributed by atoms with Crippen LogP contribution in [-0.2, 0) is 17.6 Å². The van der Waals surface area contributed by atoms with Crippen LogP contribution in [0.15, 0.2) is 24.3 Å². The average molecular weight is 235 g/mol. The highest BCUT2D eigenvalue weighted by Crippen LogP contribution is 2.10. The highest BCUT2D eigenvalue weighted by molar-refractivity contribution is 5.22. The van der Waals surface area contributed by atoms with Crippen LogP contribution < -0.4 is 5.32 Å². The summed E-state index contributed by atoms with van der Waals surface area (Å²) in [4.78, 5) is 0. The number of aryl methyl sites for hydroxylation is 1. The van der Waals surface area contributed by atoms with Gasteiger partial charge in [0.05, 0.1) is 6.61 Å². The van der Waals surface area contributed by atoms with Gasteiger partial charge in [-0.15, -0.1) is 0 Å². The predicted molar refractivity (Wildman–Crippen MR) is 73.4 cm³/mol. The van der Waals surface area contributed by atoms with Crippen LogP contribution in [0.5, 0.6) is 0 Å². The molecule has 0 saturated heterocycles. The molecule has 2 nitrogen and oxygen atoms in total. The Morgan fingerprint density at radius 1 is 1.18 bits per heavy atom. The summed E-state index contributed by atoms with van der Waals surface area (Å²) in [5.74, 6) is 0.666. The van der Waals surface area contributed by atoms with Crippen LogP contribution in [0.1, 0.15) is 25.0 Å². The molecule has 1 aromatic rings. The Morgan fingerprint density at radius 2 is 1.82 bits per heavy atom. The van der Waals surface area contributed by atoms with Gasteiger partial charge in [0.25, 0.3) is 0 Å². The molecule has 1 rings (SSSR count). The van der Waals surface area contributed by atoms with E-state index < -0.39 is 0 Å². The number of benzene rings is 1. The van der Waals surface area contributed by atoms with E-state index in [2.05, 4.69) is 43.4 Å². The highest BCUT2D eigenvalue weighted by Gasteiger charge is 2.03. The Bertz CT molecular complexity index is 294. The van der Waals surface area contributed by atoms with Gasteiger partial charge in [0, 0.05) is 13.7 Å². The highest BCUT2D eigenvalue weighted by atomic mass is 16.5. The maximum atomic E-state index is 5.00. The Kier molecular flexibility index (Phi) is 6.90. The molecule has 1 atom stereocenters. The van der Waals surface area contributed by atoms with Gasteiger partial charge in [0.1, 0.15) is 0 Å². The van der Waals surface area contributed by atoms with Gasteiger partial charge >= 0.3 is 0 Å². The number of ether oxygens (including phenoxy) is 1. The van der Waals surface area contributed by atoms with Crippen molar-refractivity contribution in [1.82, 2.24) is 5.32 Å². The first-order valence-electron chi connectivity index (χ1n) is 6.53. The van der Waals surface area contributed by atoms with Gasteiger partial charge in [-0.25, -0.2) is 0 Å². The number of hydrogen-bond acceptors (Lipinski definition) is 2. The molecule has 17 heavy (non-hydrogen) atoms. The molecule has 0 fully saturated rings. The summed E-state index contributed by atoms with van der Waals surface area (Å²) in [6.45, 7) is 7.26. The minimum atomic E-state index is 0.666. The molecule has 0 spiro atoms. The molecule has 1 unspecified atom stereocenters. The summed E-state index contributed by atoms with van der Waals surface area (Å²) in [6.07, 6.45) is 2.26. The summed E-state index contributed by atoms with van der Waals surface area (Å²) in [7, 11) is 1.74. The lowest BCUT2D eigenvalue weighted by atomic mass is 9.99. The fourth-order valence-corrected chi connectivity index (χ4v) is 1.91. The molecule has 0 aliphatic rings. The van der Waals surface area contributed by atoms with Crippen molar-refractivity contribution in [3.63, 3.8) is 0 Å². The summed E-state index contributed by atoms with van der Waals surface area (Å²) in [5, 5.41) is 3.40. The second-order valence-electron chi connectivity index (χ2n) is 4.68. The molecule has 2 heteroatoms. The van der Waals surface area contributed by atoms with Crippen molar-refractivity contribution >= 4 is 0 Å². The zero-order chi connectivity index (χ0) is 12.5. The molecule has 0 radical (unpaired) electrons. The molecule has 1 N–H and O–H groups in total. The van der Waals surface area contributed by atoms with Gasteiger partial charge in [-0.2, -0.15) is 0 Å². The van der Waals surface area contributed by atoms with Gasteiger partial charge < -0.3 is 10.1 Å². The van der Waals surface area contributed by atoms with Gasteiger partial charge in [-0.05, 0) is 36.4 Å². The molecular weight excluding hydrogens is 210 g/mol. The van der Waals surface area contributed by atoms with Crippen molar-refractivity contribution in [3.8, 4) is 0 Å². The lowest BCUT2D eigenvalue weighted by molar-refractivity contribution is 0.198. The summed E-state index contributed by atoms with van der Waals surface area (Å²) in [5.41, 5.74) is 2.85. The van der Waals surface area contributed by atoms with Gasteiger partial charge in [0.15, 0.2) is 0 Å². The molecule has 0 aliphatic carbocycles. The minimum Gasteiger partial charge on any atom is -0.383 e. The van der Waals surface area contributed by atoms with E-state index in [4.69, 9.17) is 4.74 Å². The van der Waals surface area contributed by atoms with Crippen molar-refractivity contribution in [2.24, 2.45) is 5.92 Å². The Hall–Kier alpha value is -0.860. The lowest BCUT2D eigenvalue weighted by Crippen LogP contribution is -2.25. The minimum absolute atomic E-state index is 0.666. The maximum absolute atomic E-state index is 5.00. The number of hydrogen-bond donors (Lipinski definition) is 1. The zero-order valence-electron chi connectivity index (χ0n) is 11.3.